The number of hydrogen-bond acceptors (Lipinski definition) is 3. The van der Waals surface area contributed by atoms with E-state index in [1.165, 1.54) is 0 Å². The summed E-state index contributed by atoms with van der Waals surface area (Å²) in [6.45, 7) is 13.7. The van der Waals surface area contributed by atoms with Gasteiger partial charge in [0.15, 0.2) is 0 Å². The van der Waals surface area contributed by atoms with Gasteiger partial charge in [-0.2, -0.15) is 0 Å². The van der Waals surface area contributed by atoms with Crippen LogP contribution >= 0.6 is 0 Å². The molecule has 0 saturated heterocycles. The van der Waals surface area contributed by atoms with Crippen molar-refractivity contribution in [2.24, 2.45) is 0 Å². The van der Waals surface area contributed by atoms with Crippen LogP contribution in [0.15, 0.2) is 0 Å². The lowest BCUT2D eigenvalue weighted by Crippen LogP contribution is -3.00. The summed E-state index contributed by atoms with van der Waals surface area (Å²) in [5, 5.41) is 20.6. The quantitative estimate of drug-likeness (QED) is 0.381. The molecule has 0 unspecified atom stereocenters. The highest BCUT2D eigenvalue weighted by molar-refractivity contribution is 5.61. The Labute approximate surface area is 128 Å². The Balaban J connectivity index is -0.000000262. The van der Waals surface area contributed by atoms with Crippen LogP contribution in [-0.4, -0.2) is 55.0 Å². The summed E-state index contributed by atoms with van der Waals surface area (Å²) in [5.41, 5.74) is 0. The van der Waals surface area contributed by atoms with E-state index in [0.717, 1.165) is 43.5 Å². The molecule has 0 saturated carbocycles. The first-order chi connectivity index (χ1) is 8.51. The Hall–Kier alpha value is -0.330. The lowest BCUT2D eigenvalue weighted by molar-refractivity contribution is -0.923. The van der Waals surface area contributed by atoms with Crippen molar-refractivity contribution < 1.29 is 36.5 Å². The van der Waals surface area contributed by atoms with Crippen molar-refractivity contribution >= 4 is 6.09 Å². The molecule has 0 heterocycles. The zero-order valence-electron chi connectivity index (χ0n) is 12.7. The predicted molar refractivity (Wildman–Crippen MR) is 72.1 cm³/mol. The van der Waals surface area contributed by atoms with Crippen LogP contribution in [0.25, 0.3) is 0 Å². The number of quaternary nitrogens is 1. The molecule has 0 aliphatic carbocycles. The van der Waals surface area contributed by atoms with Gasteiger partial charge in [0.25, 0.3) is 0 Å². The molecule has 0 aromatic heterocycles. The maximum absolute atomic E-state index is 9.65. The number of rotatable bonds is 8. The van der Waals surface area contributed by atoms with Gasteiger partial charge in [-0.25, -0.2) is 0 Å². The molecule has 0 spiro atoms. The average molecular weight is 342 g/mol. The SMILES string of the molecule is CCCCNC(=O)[O-].CC[N+](CC)(CC)CCO.[Br-]. The van der Waals surface area contributed by atoms with E-state index in [1.54, 1.807) is 0 Å². The van der Waals surface area contributed by atoms with E-state index in [-0.39, 0.29) is 17.0 Å². The number of amides is 1. The van der Waals surface area contributed by atoms with E-state index in [2.05, 4.69) is 26.1 Å². The maximum Gasteiger partial charge on any atom is 0.134 e. The standard InChI is InChI=1S/C8H20NO.C5H11NO2.BrH/c1-4-9(5-2,6-3)7-8-10;1-2-3-4-6-5(7)8;/h10H,4-8H2,1-3H3;6H,2-4H2,1H3,(H,7,8);1H/q+1;;/p-2. The van der Waals surface area contributed by atoms with E-state index in [0.29, 0.717) is 13.2 Å². The third-order valence-corrected chi connectivity index (χ3v) is 3.39. The number of carboxylic acid groups (broad SMARTS) is 1. The highest BCUT2D eigenvalue weighted by Crippen LogP contribution is 2.03. The Bertz CT molecular complexity index is 192. The van der Waals surface area contributed by atoms with Gasteiger partial charge in [0.1, 0.15) is 12.6 Å². The number of nitrogens with zero attached hydrogens (tertiary/aromatic N) is 1. The molecule has 6 heteroatoms. The minimum atomic E-state index is -1.18. The van der Waals surface area contributed by atoms with Crippen molar-refractivity contribution in [1.82, 2.24) is 5.32 Å². The minimum absolute atomic E-state index is 0. The average Bonchev–Trinajstić information content (AvgIpc) is 2.37. The van der Waals surface area contributed by atoms with Crippen LogP contribution in [0.2, 0.25) is 0 Å². The predicted octanol–water partition coefficient (Wildman–Crippen LogP) is -2.42. The van der Waals surface area contributed by atoms with Crippen LogP contribution in [0.1, 0.15) is 40.5 Å². The number of carbonyl (C=O) groups is 1. The summed E-state index contributed by atoms with van der Waals surface area (Å²) >= 11 is 0. The van der Waals surface area contributed by atoms with Crippen LogP contribution in [0, 0.1) is 0 Å². The van der Waals surface area contributed by atoms with Crippen molar-refractivity contribution in [3.8, 4) is 0 Å². The number of unbranched alkanes of at least 4 members (excludes halogenated alkanes) is 1. The Kier molecular flexibility index (Phi) is 19.6. The zero-order valence-corrected chi connectivity index (χ0v) is 14.3. The molecule has 5 nitrogen and oxygen atoms in total. The Morgan fingerprint density at radius 3 is 1.84 bits per heavy atom. The Morgan fingerprint density at radius 2 is 1.63 bits per heavy atom. The number of aliphatic hydroxyl groups excluding tert-OH is 1. The number of carbonyl (C=O) groups excluding carboxylic acids is 1. The molecule has 19 heavy (non-hydrogen) atoms. The van der Waals surface area contributed by atoms with Gasteiger partial charge >= 0.3 is 0 Å². The van der Waals surface area contributed by atoms with E-state index in [1.807, 2.05) is 6.92 Å². The van der Waals surface area contributed by atoms with Crippen molar-refractivity contribution in [1.29, 1.82) is 0 Å². The summed E-state index contributed by atoms with van der Waals surface area (Å²) in [7, 11) is 0. The van der Waals surface area contributed by atoms with Crippen molar-refractivity contribution in [2.45, 2.75) is 40.5 Å². The van der Waals surface area contributed by atoms with Gasteiger partial charge in [-0.3, -0.25) is 0 Å². The first-order valence-electron chi connectivity index (χ1n) is 6.92. The molecule has 0 aliphatic rings. The van der Waals surface area contributed by atoms with Gasteiger partial charge in [-0.05, 0) is 27.2 Å². The highest BCUT2D eigenvalue weighted by atomic mass is 79.9. The number of aliphatic hydroxyl groups is 1. The van der Waals surface area contributed by atoms with Crippen LogP contribution in [0.5, 0.6) is 0 Å². The molecular formula is C13H30BrN2O3-. The van der Waals surface area contributed by atoms with E-state index in [4.69, 9.17) is 5.11 Å². The summed E-state index contributed by atoms with van der Waals surface area (Å²) in [4.78, 5) is 9.65. The van der Waals surface area contributed by atoms with Gasteiger partial charge in [0, 0.05) is 6.54 Å². The summed E-state index contributed by atoms with van der Waals surface area (Å²) in [5.74, 6) is 0. The van der Waals surface area contributed by atoms with Gasteiger partial charge in [-0.15, -0.1) is 0 Å². The molecule has 0 atom stereocenters. The fraction of sp³-hybridized carbons (Fsp3) is 0.923. The zero-order chi connectivity index (χ0) is 14.4. The van der Waals surface area contributed by atoms with Crippen LogP contribution < -0.4 is 27.4 Å². The van der Waals surface area contributed by atoms with Crippen LogP contribution in [0.4, 0.5) is 4.79 Å². The van der Waals surface area contributed by atoms with E-state index >= 15 is 0 Å². The molecule has 118 valence electrons. The lowest BCUT2D eigenvalue weighted by Gasteiger charge is -2.34. The fourth-order valence-electron chi connectivity index (χ4n) is 1.72. The molecule has 2 N–H and O–H groups in total. The number of likely N-dealkylation sites (N-methyl/N-ethyl adjacent to an activating group) is 1. The first-order valence-corrected chi connectivity index (χ1v) is 6.92. The van der Waals surface area contributed by atoms with Gasteiger partial charge in [0.05, 0.1) is 26.2 Å². The molecule has 0 fully saturated rings. The second-order valence-electron chi connectivity index (χ2n) is 4.31. The van der Waals surface area contributed by atoms with Crippen molar-refractivity contribution in [3.05, 3.63) is 0 Å². The number of nitrogens with one attached hydrogen (secondary N) is 1. The first kappa shape index (κ1) is 23.7. The van der Waals surface area contributed by atoms with E-state index in [9.17, 15) is 9.90 Å². The number of halogens is 1. The molecule has 0 aromatic rings. The molecule has 0 aliphatic heterocycles. The van der Waals surface area contributed by atoms with Gasteiger partial charge in [0.2, 0.25) is 0 Å². The monoisotopic (exact) mass is 341 g/mol. The second-order valence-corrected chi connectivity index (χ2v) is 4.31. The van der Waals surface area contributed by atoms with Crippen LogP contribution in [-0.2, 0) is 0 Å². The third kappa shape index (κ3) is 13.9. The van der Waals surface area contributed by atoms with Gasteiger partial charge in [-0.1, -0.05) is 13.3 Å². The molecular weight excluding hydrogens is 312 g/mol. The third-order valence-electron chi connectivity index (χ3n) is 3.39. The minimum Gasteiger partial charge on any atom is -1.00 e. The molecule has 0 aromatic carbocycles. The topological polar surface area (TPSA) is 72.4 Å². The van der Waals surface area contributed by atoms with Crippen molar-refractivity contribution in [3.63, 3.8) is 0 Å². The summed E-state index contributed by atoms with van der Waals surface area (Å²) < 4.78 is 1.05. The molecule has 0 radical (unpaired) electrons. The summed E-state index contributed by atoms with van der Waals surface area (Å²) in [6.07, 6.45) is 0.701. The second kappa shape index (κ2) is 15.7. The summed E-state index contributed by atoms with van der Waals surface area (Å²) in [6, 6.07) is 0. The van der Waals surface area contributed by atoms with Crippen LogP contribution in [0.3, 0.4) is 0 Å². The molecule has 0 bridgehead atoms. The smallest absolute Gasteiger partial charge is 0.134 e. The Morgan fingerprint density at radius 1 is 1.16 bits per heavy atom. The number of hydrogen-bond donors (Lipinski definition) is 2. The van der Waals surface area contributed by atoms with Gasteiger partial charge < -0.3 is 41.8 Å². The molecule has 0 rings (SSSR count). The maximum atomic E-state index is 9.65. The fourth-order valence-corrected chi connectivity index (χ4v) is 1.72. The highest BCUT2D eigenvalue weighted by Gasteiger charge is 2.18. The normalized spacial score (nSPS) is 9.95. The molecule has 1 amide bonds. The van der Waals surface area contributed by atoms with E-state index < -0.39 is 6.09 Å². The van der Waals surface area contributed by atoms with Crippen molar-refractivity contribution in [2.75, 3.05) is 39.3 Å². The largest absolute Gasteiger partial charge is 1.00 e. The lowest BCUT2D eigenvalue weighted by atomic mass is 10.3.